The minimum atomic E-state index is -0.708. The zero-order chi connectivity index (χ0) is 21.1. The number of hydrogen-bond acceptors (Lipinski definition) is 2. The summed E-state index contributed by atoms with van der Waals surface area (Å²) in [4.78, 5) is 28.0. The molecule has 30 heavy (non-hydrogen) atoms. The number of fused-ring (bicyclic) bond motifs is 1. The third kappa shape index (κ3) is 4.36. The van der Waals surface area contributed by atoms with Gasteiger partial charge in [0.05, 0.1) is 0 Å². The molecule has 1 N–H and O–H groups in total. The van der Waals surface area contributed by atoms with Crippen molar-refractivity contribution in [3.8, 4) is 0 Å². The second kappa shape index (κ2) is 9.17. The Hall–Kier alpha value is -2.40. The van der Waals surface area contributed by atoms with E-state index in [1.807, 2.05) is 12.1 Å². The number of nitrogens with one attached hydrogen (secondary N) is 1. The zero-order valence-electron chi connectivity index (χ0n) is 16.9. The molecule has 1 fully saturated rings. The summed E-state index contributed by atoms with van der Waals surface area (Å²) in [6.07, 6.45) is 7.83. The molecule has 2 aromatic carbocycles. The van der Waals surface area contributed by atoms with Gasteiger partial charge < -0.3 is 10.2 Å². The molecule has 4 rings (SSSR count). The Bertz CT molecular complexity index is 941. The van der Waals surface area contributed by atoms with Gasteiger partial charge in [0.1, 0.15) is 11.9 Å². The first-order valence-corrected chi connectivity index (χ1v) is 11.1. The van der Waals surface area contributed by atoms with Gasteiger partial charge in [0.15, 0.2) is 0 Å². The van der Waals surface area contributed by atoms with E-state index in [0.717, 1.165) is 25.7 Å². The molecule has 0 saturated heterocycles. The number of halogens is 2. The van der Waals surface area contributed by atoms with E-state index >= 15 is 0 Å². The summed E-state index contributed by atoms with van der Waals surface area (Å²) in [5, 5.41) is 3.45. The molecule has 2 aliphatic rings. The second-order valence-corrected chi connectivity index (χ2v) is 8.62. The number of hydrogen-bond donors (Lipinski definition) is 1. The monoisotopic (exact) mass is 428 g/mol. The van der Waals surface area contributed by atoms with Crippen molar-refractivity contribution >= 4 is 23.4 Å². The van der Waals surface area contributed by atoms with E-state index in [2.05, 4.69) is 5.32 Å². The van der Waals surface area contributed by atoms with E-state index in [0.29, 0.717) is 16.7 Å². The Kier molecular flexibility index (Phi) is 6.38. The minimum absolute atomic E-state index is 0.136. The summed E-state index contributed by atoms with van der Waals surface area (Å²) >= 11 is 6.20. The number of amides is 2. The van der Waals surface area contributed by atoms with Crippen LogP contribution in [0.15, 0.2) is 42.5 Å². The van der Waals surface area contributed by atoms with Crippen LogP contribution in [0.1, 0.15) is 72.5 Å². The summed E-state index contributed by atoms with van der Waals surface area (Å²) in [6, 6.07) is 10.8. The van der Waals surface area contributed by atoms with E-state index < -0.39 is 11.9 Å². The predicted molar refractivity (Wildman–Crippen MR) is 115 cm³/mol. The van der Waals surface area contributed by atoms with Crippen molar-refractivity contribution in [3.63, 3.8) is 0 Å². The molecule has 0 aromatic heterocycles. The third-order valence-electron chi connectivity index (χ3n) is 6.11. The van der Waals surface area contributed by atoms with Crippen LogP contribution in [0.5, 0.6) is 0 Å². The Morgan fingerprint density at radius 2 is 1.77 bits per heavy atom. The van der Waals surface area contributed by atoms with Gasteiger partial charge in [0.2, 0.25) is 5.91 Å². The summed E-state index contributed by atoms with van der Waals surface area (Å²) in [5.74, 6) is -0.792. The van der Waals surface area contributed by atoms with Crippen LogP contribution in [-0.2, 0) is 11.3 Å². The van der Waals surface area contributed by atoms with Crippen LogP contribution in [0, 0.1) is 5.82 Å². The number of nitrogens with zero attached hydrogens (tertiary/aromatic N) is 1. The van der Waals surface area contributed by atoms with Crippen LogP contribution >= 0.6 is 11.6 Å². The molecular formula is C24H26ClFN2O2. The predicted octanol–water partition coefficient (Wildman–Crippen LogP) is 5.41. The summed E-state index contributed by atoms with van der Waals surface area (Å²) in [5.41, 5.74) is 1.86. The van der Waals surface area contributed by atoms with Gasteiger partial charge in [0.25, 0.3) is 5.91 Å². The van der Waals surface area contributed by atoms with Crippen LogP contribution in [0.4, 0.5) is 4.39 Å². The quantitative estimate of drug-likeness (QED) is 0.708. The van der Waals surface area contributed by atoms with Crippen LogP contribution in [0.25, 0.3) is 0 Å². The van der Waals surface area contributed by atoms with E-state index in [4.69, 9.17) is 11.6 Å². The summed E-state index contributed by atoms with van der Waals surface area (Å²) in [7, 11) is 0. The minimum Gasteiger partial charge on any atom is -0.351 e. The molecule has 2 amide bonds. The Morgan fingerprint density at radius 1 is 1.07 bits per heavy atom. The summed E-state index contributed by atoms with van der Waals surface area (Å²) < 4.78 is 13.5. The summed E-state index contributed by atoms with van der Waals surface area (Å²) in [6.45, 7) is 0.148. The van der Waals surface area contributed by atoms with Gasteiger partial charge >= 0.3 is 0 Å². The fraction of sp³-hybridized carbons (Fsp3) is 0.417. The standard InChI is InChI=1S/C24H26ClFN2O2/c25-21-14-17(26)13-12-16(21)15-28-22(19-10-6-7-11-20(19)24(28)30)23(29)27-18-8-4-2-1-3-5-9-18/h6-7,10-14,18,22H,1-5,8-9,15H2,(H,27,29)/t22-/m0/s1. The van der Waals surface area contributed by atoms with E-state index in [1.165, 1.54) is 31.4 Å². The smallest absolute Gasteiger partial charge is 0.255 e. The molecule has 0 spiro atoms. The highest BCUT2D eigenvalue weighted by atomic mass is 35.5. The zero-order valence-corrected chi connectivity index (χ0v) is 17.6. The van der Waals surface area contributed by atoms with Crippen molar-refractivity contribution in [1.29, 1.82) is 0 Å². The lowest BCUT2D eigenvalue weighted by atomic mass is 9.96. The van der Waals surface area contributed by atoms with Gasteiger partial charge in [-0.1, -0.05) is 68.0 Å². The first kappa shape index (κ1) is 20.9. The number of carbonyl (C=O) groups is 2. The highest BCUT2D eigenvalue weighted by molar-refractivity contribution is 6.31. The Labute approximate surface area is 181 Å². The Balaban J connectivity index is 1.59. The van der Waals surface area contributed by atoms with Crippen molar-refractivity contribution in [2.24, 2.45) is 0 Å². The third-order valence-corrected chi connectivity index (χ3v) is 6.47. The molecule has 2 aromatic rings. The van der Waals surface area contributed by atoms with Crippen LogP contribution in [0.3, 0.4) is 0 Å². The molecule has 6 heteroatoms. The number of benzene rings is 2. The van der Waals surface area contributed by atoms with Crippen molar-refractivity contribution < 1.29 is 14.0 Å². The average molecular weight is 429 g/mol. The maximum absolute atomic E-state index is 13.5. The lowest BCUT2D eigenvalue weighted by molar-refractivity contribution is -0.126. The van der Waals surface area contributed by atoms with Crippen LogP contribution in [0.2, 0.25) is 5.02 Å². The molecule has 1 aliphatic heterocycles. The molecule has 158 valence electrons. The molecular weight excluding hydrogens is 403 g/mol. The van der Waals surface area contributed by atoms with Crippen molar-refractivity contribution in [3.05, 3.63) is 70.0 Å². The molecule has 1 saturated carbocycles. The van der Waals surface area contributed by atoms with Gasteiger partial charge in [-0.05, 0) is 42.2 Å². The first-order valence-electron chi connectivity index (χ1n) is 10.7. The normalized spacial score (nSPS) is 19.9. The molecule has 1 heterocycles. The molecule has 0 radical (unpaired) electrons. The second-order valence-electron chi connectivity index (χ2n) is 8.21. The highest BCUT2D eigenvalue weighted by Crippen LogP contribution is 2.36. The molecule has 0 bridgehead atoms. The average Bonchev–Trinajstić information content (AvgIpc) is 2.98. The van der Waals surface area contributed by atoms with Gasteiger partial charge in [-0.25, -0.2) is 4.39 Å². The number of carbonyl (C=O) groups excluding carboxylic acids is 2. The molecule has 1 atom stereocenters. The SMILES string of the molecule is O=C(NC1CCCCCCC1)[C@@H]1c2ccccc2C(=O)N1Cc1ccc(F)cc1Cl. The van der Waals surface area contributed by atoms with Gasteiger partial charge in [-0.15, -0.1) is 0 Å². The maximum Gasteiger partial charge on any atom is 0.255 e. The van der Waals surface area contributed by atoms with Gasteiger partial charge in [0, 0.05) is 23.2 Å². The fourth-order valence-corrected chi connectivity index (χ4v) is 4.76. The fourth-order valence-electron chi connectivity index (χ4n) is 4.53. The van der Waals surface area contributed by atoms with Crippen LogP contribution in [-0.4, -0.2) is 22.8 Å². The molecule has 1 aliphatic carbocycles. The molecule has 4 nitrogen and oxygen atoms in total. The van der Waals surface area contributed by atoms with Crippen molar-refractivity contribution in [2.45, 2.75) is 63.6 Å². The largest absolute Gasteiger partial charge is 0.351 e. The lowest BCUT2D eigenvalue weighted by Crippen LogP contribution is -2.43. The molecule has 0 unspecified atom stereocenters. The topological polar surface area (TPSA) is 49.4 Å². The van der Waals surface area contributed by atoms with E-state index in [9.17, 15) is 14.0 Å². The Morgan fingerprint density at radius 3 is 2.50 bits per heavy atom. The van der Waals surface area contributed by atoms with Gasteiger partial charge in [-0.2, -0.15) is 0 Å². The van der Waals surface area contributed by atoms with E-state index in [1.54, 1.807) is 23.1 Å². The lowest BCUT2D eigenvalue weighted by Gasteiger charge is -2.28. The van der Waals surface area contributed by atoms with Crippen molar-refractivity contribution in [2.75, 3.05) is 0 Å². The van der Waals surface area contributed by atoms with Crippen LogP contribution < -0.4 is 5.32 Å². The van der Waals surface area contributed by atoms with Gasteiger partial charge in [-0.3, -0.25) is 9.59 Å². The first-order chi connectivity index (χ1) is 14.5. The highest BCUT2D eigenvalue weighted by Gasteiger charge is 2.41. The van der Waals surface area contributed by atoms with E-state index in [-0.39, 0.29) is 29.4 Å². The maximum atomic E-state index is 13.5. The number of rotatable bonds is 4. The van der Waals surface area contributed by atoms with Crippen molar-refractivity contribution in [1.82, 2.24) is 10.2 Å².